The molecule has 1 saturated carbocycles. The highest BCUT2D eigenvalue weighted by atomic mass is 16.6. The zero-order chi connectivity index (χ0) is 28.0. The monoisotopic (exact) mass is 555 g/mol. The van der Waals surface area contributed by atoms with Gasteiger partial charge in [-0.25, -0.2) is 4.79 Å². The molecule has 2 aliphatic carbocycles. The van der Waals surface area contributed by atoms with E-state index in [1.807, 2.05) is 13.8 Å². The maximum Gasteiger partial charge on any atom is 0.407 e. The van der Waals surface area contributed by atoms with Gasteiger partial charge in [0.2, 0.25) is 0 Å². The van der Waals surface area contributed by atoms with Crippen LogP contribution in [0.15, 0.2) is 0 Å². The predicted molar refractivity (Wildman–Crippen MR) is 145 cm³/mol. The molecule has 2 rings (SSSR count). The summed E-state index contributed by atoms with van der Waals surface area (Å²) in [5.74, 6) is 8.52. The van der Waals surface area contributed by atoms with E-state index >= 15 is 0 Å². The molecule has 1 fully saturated rings. The van der Waals surface area contributed by atoms with Gasteiger partial charge >= 0.3 is 6.09 Å². The third-order valence-electron chi connectivity index (χ3n) is 6.76. The van der Waals surface area contributed by atoms with Crippen LogP contribution in [0.4, 0.5) is 4.79 Å². The number of carbonyl (C=O) groups excluding carboxylic acids is 2. The first-order valence-corrected chi connectivity index (χ1v) is 14.4. The number of carbonyl (C=O) groups is 2. The van der Waals surface area contributed by atoms with Gasteiger partial charge < -0.3 is 38.5 Å². The molecular weight excluding hydrogens is 506 g/mol. The average Bonchev–Trinajstić information content (AvgIpc) is 3.56. The molecule has 0 bridgehead atoms. The van der Waals surface area contributed by atoms with Gasteiger partial charge in [-0.15, -0.1) is 11.8 Å². The molecule has 10 nitrogen and oxygen atoms in total. The van der Waals surface area contributed by atoms with Gasteiger partial charge in [0.15, 0.2) is 0 Å². The fourth-order valence-electron chi connectivity index (χ4n) is 4.39. The van der Waals surface area contributed by atoms with Crippen molar-refractivity contribution in [2.45, 2.75) is 46.0 Å². The molecular formula is C29H49NO9. The predicted octanol–water partition coefficient (Wildman–Crippen LogP) is 2.87. The Morgan fingerprint density at radius 1 is 0.692 bits per heavy atom. The van der Waals surface area contributed by atoms with E-state index in [0.717, 1.165) is 25.7 Å². The Hall–Kier alpha value is -1.74. The molecule has 0 aromatic heterocycles. The van der Waals surface area contributed by atoms with Gasteiger partial charge in [0.05, 0.1) is 85.9 Å². The van der Waals surface area contributed by atoms with E-state index in [1.165, 1.54) is 0 Å². The van der Waals surface area contributed by atoms with Gasteiger partial charge in [0, 0.05) is 31.7 Å². The number of Topliss-reactive ketones (excluding diaryl/α,β-unsaturated/α-hetero) is 1. The van der Waals surface area contributed by atoms with Gasteiger partial charge in [-0.1, -0.05) is 13.8 Å². The molecule has 0 saturated heterocycles. The lowest BCUT2D eigenvalue weighted by molar-refractivity contribution is -0.123. The second-order valence-corrected chi connectivity index (χ2v) is 9.99. The lowest BCUT2D eigenvalue weighted by Gasteiger charge is -2.09. The number of hydrogen-bond donors (Lipinski definition) is 1. The first-order valence-electron chi connectivity index (χ1n) is 14.4. The summed E-state index contributed by atoms with van der Waals surface area (Å²) in [6.45, 7) is 10.4. The van der Waals surface area contributed by atoms with Gasteiger partial charge in [0.1, 0.15) is 5.78 Å². The minimum Gasteiger partial charge on any atom is -0.449 e. The van der Waals surface area contributed by atoms with Crippen molar-refractivity contribution in [2.75, 3.05) is 92.4 Å². The summed E-state index contributed by atoms with van der Waals surface area (Å²) in [5, 5.41) is 2.73. The molecule has 39 heavy (non-hydrogen) atoms. The van der Waals surface area contributed by atoms with Crippen LogP contribution in [0.3, 0.4) is 0 Å². The molecule has 10 heteroatoms. The van der Waals surface area contributed by atoms with Crippen LogP contribution in [-0.2, 0) is 38.0 Å². The number of hydrogen-bond acceptors (Lipinski definition) is 9. The van der Waals surface area contributed by atoms with Crippen LogP contribution in [0.5, 0.6) is 0 Å². The minimum absolute atomic E-state index is 0.0600. The van der Waals surface area contributed by atoms with Gasteiger partial charge in [-0.2, -0.15) is 0 Å². The second kappa shape index (κ2) is 22.0. The SMILES string of the molecule is CC(C)C(=O)CCOCCOCCOCCOCCOCCOCCNC(=O)OCC1[C@H]2CCC#CCC[C@@H]12. The number of ketones is 1. The van der Waals surface area contributed by atoms with E-state index in [0.29, 0.717) is 117 Å². The van der Waals surface area contributed by atoms with Crippen LogP contribution >= 0.6 is 0 Å². The molecule has 3 atom stereocenters. The van der Waals surface area contributed by atoms with Crippen molar-refractivity contribution in [3.05, 3.63) is 0 Å². The van der Waals surface area contributed by atoms with Crippen molar-refractivity contribution in [3.63, 3.8) is 0 Å². The lowest BCUT2D eigenvalue weighted by Crippen LogP contribution is -2.29. The Morgan fingerprint density at radius 3 is 1.59 bits per heavy atom. The van der Waals surface area contributed by atoms with Gasteiger partial charge in [-0.05, 0) is 30.6 Å². The van der Waals surface area contributed by atoms with E-state index < -0.39 is 0 Å². The summed E-state index contributed by atoms with van der Waals surface area (Å²) in [6.07, 6.45) is 4.26. The molecule has 0 aliphatic heterocycles. The molecule has 0 spiro atoms. The summed E-state index contributed by atoms with van der Waals surface area (Å²) in [4.78, 5) is 23.3. The van der Waals surface area contributed by atoms with Crippen molar-refractivity contribution in [3.8, 4) is 11.8 Å². The molecule has 0 aromatic rings. The maximum atomic E-state index is 11.9. The van der Waals surface area contributed by atoms with Gasteiger partial charge in [0.25, 0.3) is 0 Å². The Balaban J connectivity index is 1.22. The summed E-state index contributed by atoms with van der Waals surface area (Å²) >= 11 is 0. The minimum atomic E-state index is -0.379. The number of alkyl carbamates (subject to hydrolysis) is 1. The van der Waals surface area contributed by atoms with E-state index in [1.54, 1.807) is 0 Å². The van der Waals surface area contributed by atoms with E-state index in [9.17, 15) is 9.59 Å². The Kier molecular flexibility index (Phi) is 18.9. The van der Waals surface area contributed by atoms with Crippen LogP contribution in [0.2, 0.25) is 0 Å². The normalized spacial score (nSPS) is 19.9. The lowest BCUT2D eigenvalue weighted by atomic mass is 10.1. The van der Waals surface area contributed by atoms with Crippen molar-refractivity contribution < 1.29 is 42.7 Å². The average molecular weight is 556 g/mol. The highest BCUT2D eigenvalue weighted by molar-refractivity contribution is 5.80. The molecule has 0 radical (unpaired) electrons. The third kappa shape index (κ3) is 16.8. The maximum absolute atomic E-state index is 11.9. The summed E-state index contributed by atoms with van der Waals surface area (Å²) in [5.41, 5.74) is 0. The molecule has 2 aliphatic rings. The number of ether oxygens (including phenoxy) is 7. The second-order valence-electron chi connectivity index (χ2n) is 9.99. The van der Waals surface area contributed by atoms with Crippen LogP contribution in [0.25, 0.3) is 0 Å². The molecule has 224 valence electrons. The van der Waals surface area contributed by atoms with E-state index in [4.69, 9.17) is 33.2 Å². The van der Waals surface area contributed by atoms with Crippen molar-refractivity contribution >= 4 is 11.9 Å². The highest BCUT2D eigenvalue weighted by Crippen LogP contribution is 2.52. The standard InChI is InChI=1S/C29H49NO9/c1-24(2)28(31)9-11-33-13-15-35-17-19-37-21-22-38-20-18-36-16-14-34-12-10-30-29(32)39-23-27-25-7-5-3-4-6-8-26(25)27/h24-27H,5-23H2,1-2H3,(H,30,32)/t25-,26+,27?. The first kappa shape index (κ1) is 33.5. The highest BCUT2D eigenvalue weighted by Gasteiger charge is 2.49. The Labute approximate surface area is 234 Å². The van der Waals surface area contributed by atoms with Crippen molar-refractivity contribution in [1.82, 2.24) is 5.32 Å². The third-order valence-corrected chi connectivity index (χ3v) is 6.76. The number of fused-ring (bicyclic) bond motifs is 1. The van der Waals surface area contributed by atoms with Crippen LogP contribution in [0.1, 0.15) is 46.0 Å². The summed E-state index contributed by atoms with van der Waals surface area (Å²) in [7, 11) is 0. The number of amides is 1. The number of nitrogens with one attached hydrogen (secondary N) is 1. The molecule has 1 N–H and O–H groups in total. The summed E-state index contributed by atoms with van der Waals surface area (Å²) < 4.78 is 38.0. The molecule has 0 heterocycles. The molecule has 1 amide bonds. The topological polar surface area (TPSA) is 111 Å². The summed E-state index contributed by atoms with van der Waals surface area (Å²) in [6, 6.07) is 0. The van der Waals surface area contributed by atoms with E-state index in [2.05, 4.69) is 17.2 Å². The molecule has 1 unspecified atom stereocenters. The Morgan fingerprint density at radius 2 is 1.13 bits per heavy atom. The van der Waals surface area contributed by atoms with Crippen molar-refractivity contribution in [1.29, 1.82) is 0 Å². The quantitative estimate of drug-likeness (QED) is 0.142. The van der Waals surface area contributed by atoms with Crippen LogP contribution in [-0.4, -0.2) is 104 Å². The van der Waals surface area contributed by atoms with E-state index in [-0.39, 0.29) is 17.8 Å². The fourth-order valence-corrected chi connectivity index (χ4v) is 4.39. The number of rotatable bonds is 24. The first-order chi connectivity index (χ1) is 19.1. The zero-order valence-corrected chi connectivity index (χ0v) is 23.9. The Bertz CT molecular complexity index is 703. The zero-order valence-electron chi connectivity index (χ0n) is 23.9. The fraction of sp³-hybridized carbons (Fsp3) is 0.862. The van der Waals surface area contributed by atoms with Gasteiger partial charge in [-0.3, -0.25) is 4.79 Å². The van der Waals surface area contributed by atoms with Crippen molar-refractivity contribution in [2.24, 2.45) is 23.7 Å². The van der Waals surface area contributed by atoms with Crippen LogP contribution in [0, 0.1) is 35.5 Å². The largest absolute Gasteiger partial charge is 0.449 e. The smallest absolute Gasteiger partial charge is 0.407 e. The molecule has 0 aromatic carbocycles. The van der Waals surface area contributed by atoms with Crippen LogP contribution < -0.4 is 5.32 Å².